The topological polar surface area (TPSA) is 63.9 Å². The molecule has 0 unspecified atom stereocenters. The molecule has 0 aliphatic carbocycles. The molecule has 3 rings (SSSR count). The van der Waals surface area contributed by atoms with Gasteiger partial charge >= 0.3 is 0 Å². The zero-order valence-electron chi connectivity index (χ0n) is 9.69. The summed E-state index contributed by atoms with van der Waals surface area (Å²) in [6, 6.07) is 4.13. The molecule has 0 radical (unpaired) electrons. The molecule has 2 aromatic heterocycles. The molecule has 3 heterocycles. The van der Waals surface area contributed by atoms with Crippen molar-refractivity contribution in [3.05, 3.63) is 29.0 Å². The highest BCUT2D eigenvalue weighted by molar-refractivity contribution is 7.13. The van der Waals surface area contributed by atoms with Gasteiger partial charge in [0.05, 0.1) is 23.5 Å². The van der Waals surface area contributed by atoms with Gasteiger partial charge in [-0.1, -0.05) is 6.07 Å². The molecule has 5 heteroatoms. The lowest BCUT2D eigenvalue weighted by Crippen LogP contribution is -2.53. The van der Waals surface area contributed by atoms with Gasteiger partial charge in [0.25, 0.3) is 0 Å². The third-order valence-electron chi connectivity index (χ3n) is 3.29. The fourth-order valence-electron chi connectivity index (χ4n) is 2.06. The van der Waals surface area contributed by atoms with Crippen LogP contribution in [-0.2, 0) is 10.2 Å². The van der Waals surface area contributed by atoms with Crippen LogP contribution in [0.1, 0.15) is 11.5 Å². The van der Waals surface area contributed by atoms with Crippen LogP contribution in [0.15, 0.2) is 17.5 Å². The molecule has 1 fully saturated rings. The fourth-order valence-corrected chi connectivity index (χ4v) is 2.84. The second-order valence-electron chi connectivity index (χ2n) is 4.51. The third kappa shape index (κ3) is 1.62. The van der Waals surface area contributed by atoms with Gasteiger partial charge in [-0.25, -0.2) is 4.98 Å². The number of ether oxygens (including phenoxy) is 1. The summed E-state index contributed by atoms with van der Waals surface area (Å²) in [6.07, 6.45) is 0. The monoisotopic (exact) mass is 249 g/mol. The van der Waals surface area contributed by atoms with Gasteiger partial charge in [-0.2, -0.15) is 0 Å². The lowest BCUT2D eigenvalue weighted by molar-refractivity contribution is -0.0590. The van der Waals surface area contributed by atoms with Crippen molar-refractivity contribution < 1.29 is 4.74 Å². The van der Waals surface area contributed by atoms with E-state index in [0.717, 1.165) is 17.2 Å². The molecule has 0 saturated carbocycles. The van der Waals surface area contributed by atoms with Gasteiger partial charge in [0.2, 0.25) is 0 Å². The minimum absolute atomic E-state index is 0.0970. The van der Waals surface area contributed by atoms with Crippen LogP contribution in [0.5, 0.6) is 0 Å². The summed E-state index contributed by atoms with van der Waals surface area (Å²) in [6.45, 7) is 3.96. The maximum Gasteiger partial charge on any atom is 0.119 e. The third-order valence-corrected chi connectivity index (χ3v) is 4.17. The minimum atomic E-state index is -0.0970. The molecule has 0 bridgehead atoms. The summed E-state index contributed by atoms with van der Waals surface area (Å²) in [5.74, 6) is 0.965. The van der Waals surface area contributed by atoms with Crippen LogP contribution in [0.3, 0.4) is 0 Å². The maximum atomic E-state index is 5.84. The second-order valence-corrected chi connectivity index (χ2v) is 5.46. The van der Waals surface area contributed by atoms with Crippen molar-refractivity contribution in [1.29, 1.82) is 0 Å². The smallest absolute Gasteiger partial charge is 0.119 e. The molecule has 1 aliphatic heterocycles. The Hall–Kier alpha value is -1.17. The summed E-state index contributed by atoms with van der Waals surface area (Å²) in [7, 11) is 0. The Morgan fingerprint density at radius 2 is 2.41 bits per heavy atom. The molecule has 3 N–H and O–H groups in total. The molecule has 1 saturated heterocycles. The standard InChI is InChI=1S/C12H15N3OS/c1-8-10(9-3-2-4-17-9)15-11(14-8)12(5-13)6-16-7-12/h2-4H,5-7,13H2,1H3,(H,14,15). The van der Waals surface area contributed by atoms with E-state index in [1.54, 1.807) is 11.3 Å². The zero-order chi connectivity index (χ0) is 11.9. The second kappa shape index (κ2) is 3.94. The number of aromatic nitrogens is 2. The Kier molecular flexibility index (Phi) is 2.54. The Balaban J connectivity index is 2.01. The molecule has 0 amide bonds. The Morgan fingerprint density at radius 3 is 2.94 bits per heavy atom. The lowest BCUT2D eigenvalue weighted by Gasteiger charge is -2.38. The average molecular weight is 249 g/mol. The van der Waals surface area contributed by atoms with Gasteiger partial charge in [0, 0.05) is 12.2 Å². The summed E-state index contributed by atoms with van der Waals surface area (Å²) in [4.78, 5) is 9.27. The van der Waals surface area contributed by atoms with E-state index in [-0.39, 0.29) is 5.41 Å². The first kappa shape index (κ1) is 11.0. The van der Waals surface area contributed by atoms with E-state index in [1.807, 2.05) is 6.07 Å². The first-order valence-corrected chi connectivity index (χ1v) is 6.52. The van der Waals surface area contributed by atoms with Crippen molar-refractivity contribution in [2.45, 2.75) is 12.3 Å². The van der Waals surface area contributed by atoms with E-state index in [0.29, 0.717) is 19.8 Å². The molecular weight excluding hydrogens is 234 g/mol. The quantitative estimate of drug-likeness (QED) is 0.869. The van der Waals surface area contributed by atoms with Crippen molar-refractivity contribution >= 4 is 11.3 Å². The van der Waals surface area contributed by atoms with Crippen LogP contribution in [0.2, 0.25) is 0 Å². The number of nitrogens with zero attached hydrogens (tertiary/aromatic N) is 1. The van der Waals surface area contributed by atoms with Gasteiger partial charge in [-0.05, 0) is 18.4 Å². The highest BCUT2D eigenvalue weighted by atomic mass is 32.1. The van der Waals surface area contributed by atoms with Crippen molar-refractivity contribution in [1.82, 2.24) is 9.97 Å². The Bertz CT molecular complexity index is 508. The van der Waals surface area contributed by atoms with E-state index in [2.05, 4.69) is 23.4 Å². The normalized spacial score (nSPS) is 18.0. The number of H-pyrrole nitrogens is 1. The predicted octanol–water partition coefficient (Wildman–Crippen LogP) is 1.67. The van der Waals surface area contributed by atoms with Crippen LogP contribution in [0, 0.1) is 6.92 Å². The number of aromatic amines is 1. The van der Waals surface area contributed by atoms with Crippen LogP contribution < -0.4 is 5.73 Å². The number of rotatable bonds is 3. The molecule has 4 nitrogen and oxygen atoms in total. The Labute approximate surface area is 104 Å². The van der Waals surface area contributed by atoms with Gasteiger partial charge in [0.15, 0.2) is 0 Å². The number of hydrogen-bond acceptors (Lipinski definition) is 4. The van der Waals surface area contributed by atoms with Gasteiger partial charge in [0.1, 0.15) is 11.5 Å². The number of nitrogens with two attached hydrogens (primary N) is 1. The van der Waals surface area contributed by atoms with E-state index < -0.39 is 0 Å². The predicted molar refractivity (Wildman–Crippen MR) is 68.2 cm³/mol. The van der Waals surface area contributed by atoms with Crippen LogP contribution >= 0.6 is 11.3 Å². The Morgan fingerprint density at radius 1 is 1.59 bits per heavy atom. The number of aryl methyl sites for hydroxylation is 1. The molecule has 90 valence electrons. The molecule has 0 atom stereocenters. The van der Waals surface area contributed by atoms with Crippen LogP contribution in [0.25, 0.3) is 10.6 Å². The molecule has 0 spiro atoms. The molecule has 17 heavy (non-hydrogen) atoms. The zero-order valence-corrected chi connectivity index (χ0v) is 10.5. The number of thiophene rings is 1. The van der Waals surface area contributed by atoms with E-state index >= 15 is 0 Å². The summed E-state index contributed by atoms with van der Waals surface area (Å²) in [5.41, 5.74) is 7.88. The number of imidazole rings is 1. The van der Waals surface area contributed by atoms with E-state index in [4.69, 9.17) is 15.5 Å². The lowest BCUT2D eigenvalue weighted by atomic mass is 9.85. The maximum absolute atomic E-state index is 5.84. The first-order chi connectivity index (χ1) is 8.25. The largest absolute Gasteiger partial charge is 0.379 e. The summed E-state index contributed by atoms with van der Waals surface area (Å²) >= 11 is 1.70. The molecule has 0 aromatic carbocycles. The molecule has 2 aromatic rings. The van der Waals surface area contributed by atoms with Crippen molar-refractivity contribution in [2.24, 2.45) is 5.73 Å². The van der Waals surface area contributed by atoms with Crippen molar-refractivity contribution in [3.8, 4) is 10.6 Å². The van der Waals surface area contributed by atoms with Crippen LogP contribution in [-0.4, -0.2) is 29.7 Å². The first-order valence-electron chi connectivity index (χ1n) is 5.64. The van der Waals surface area contributed by atoms with Crippen molar-refractivity contribution in [3.63, 3.8) is 0 Å². The summed E-state index contributed by atoms with van der Waals surface area (Å²) in [5, 5.41) is 2.06. The summed E-state index contributed by atoms with van der Waals surface area (Å²) < 4.78 is 5.29. The van der Waals surface area contributed by atoms with Crippen LogP contribution in [0.4, 0.5) is 0 Å². The highest BCUT2D eigenvalue weighted by Crippen LogP contribution is 2.33. The van der Waals surface area contributed by atoms with E-state index in [1.165, 1.54) is 4.88 Å². The number of nitrogens with one attached hydrogen (secondary N) is 1. The van der Waals surface area contributed by atoms with E-state index in [9.17, 15) is 0 Å². The molecule has 1 aliphatic rings. The average Bonchev–Trinajstić information content (AvgIpc) is 2.86. The van der Waals surface area contributed by atoms with Gasteiger partial charge in [-0.3, -0.25) is 0 Å². The molecular formula is C12H15N3OS. The van der Waals surface area contributed by atoms with Crippen molar-refractivity contribution in [2.75, 3.05) is 19.8 Å². The number of hydrogen-bond donors (Lipinski definition) is 2. The van der Waals surface area contributed by atoms with Gasteiger partial charge in [-0.15, -0.1) is 11.3 Å². The fraction of sp³-hybridized carbons (Fsp3) is 0.417. The highest BCUT2D eigenvalue weighted by Gasteiger charge is 2.42. The van der Waals surface area contributed by atoms with Gasteiger partial charge < -0.3 is 15.5 Å². The SMILES string of the molecule is Cc1[nH]c(C2(CN)COC2)nc1-c1cccs1. The minimum Gasteiger partial charge on any atom is -0.379 e.